The fraction of sp³-hybridized carbons (Fsp3) is 0.900. The molecule has 0 aromatic rings. The van der Waals surface area contributed by atoms with Crippen LogP contribution in [-0.2, 0) is 4.79 Å². The fourth-order valence-electron chi connectivity index (χ4n) is 1.22. The molecule has 0 aliphatic heterocycles. The summed E-state index contributed by atoms with van der Waals surface area (Å²) >= 11 is 10.9. The highest BCUT2D eigenvalue weighted by Crippen LogP contribution is 2.13. The number of alkyl halides is 1. The molecule has 0 heterocycles. The molecule has 0 spiro atoms. The van der Waals surface area contributed by atoms with E-state index in [1.807, 2.05) is 0 Å². The molecule has 0 bridgehead atoms. The first-order valence-corrected chi connectivity index (χ1v) is 5.83. The minimum absolute atomic E-state index is 0.421. The Kier molecular flexibility index (Phi) is 9.00. The van der Waals surface area contributed by atoms with E-state index >= 15 is 0 Å². The summed E-state index contributed by atoms with van der Waals surface area (Å²) in [7, 11) is 0. The highest BCUT2D eigenvalue weighted by molar-refractivity contribution is 6.69. The van der Waals surface area contributed by atoms with Gasteiger partial charge >= 0.3 is 0 Å². The van der Waals surface area contributed by atoms with Crippen LogP contribution in [-0.4, -0.2) is 10.6 Å². The Morgan fingerprint density at radius 2 is 1.69 bits per heavy atom. The minimum atomic E-state index is -0.479. The van der Waals surface area contributed by atoms with Gasteiger partial charge in [0, 0.05) is 0 Å². The van der Waals surface area contributed by atoms with Gasteiger partial charge < -0.3 is 0 Å². The van der Waals surface area contributed by atoms with Gasteiger partial charge in [-0.3, -0.25) is 4.79 Å². The highest BCUT2D eigenvalue weighted by atomic mass is 35.5. The van der Waals surface area contributed by atoms with Crippen molar-refractivity contribution >= 4 is 28.4 Å². The van der Waals surface area contributed by atoms with Gasteiger partial charge in [0.15, 0.2) is 0 Å². The van der Waals surface area contributed by atoms with Gasteiger partial charge in [0.05, 0.1) is 0 Å². The van der Waals surface area contributed by atoms with Crippen molar-refractivity contribution in [3.63, 3.8) is 0 Å². The molecule has 0 fully saturated rings. The molecule has 1 unspecified atom stereocenters. The lowest BCUT2D eigenvalue weighted by Crippen LogP contribution is -2.06. The normalized spacial score (nSPS) is 12.8. The van der Waals surface area contributed by atoms with Crippen molar-refractivity contribution in [3.8, 4) is 0 Å². The number of unbranched alkanes of at least 4 members (excludes halogenated alkanes) is 5. The van der Waals surface area contributed by atoms with E-state index < -0.39 is 10.6 Å². The summed E-state index contributed by atoms with van der Waals surface area (Å²) in [5, 5.41) is -0.900. The molecule has 1 nitrogen and oxygen atoms in total. The van der Waals surface area contributed by atoms with E-state index in [0.29, 0.717) is 0 Å². The summed E-state index contributed by atoms with van der Waals surface area (Å²) in [4.78, 5) is 10.5. The van der Waals surface area contributed by atoms with Crippen LogP contribution < -0.4 is 0 Å². The van der Waals surface area contributed by atoms with Crippen LogP contribution in [0.25, 0.3) is 0 Å². The maximum atomic E-state index is 10.5. The Morgan fingerprint density at radius 3 is 2.23 bits per heavy atom. The van der Waals surface area contributed by atoms with Crippen LogP contribution in [0.1, 0.15) is 51.9 Å². The van der Waals surface area contributed by atoms with E-state index in [2.05, 4.69) is 6.92 Å². The monoisotopic (exact) mass is 224 g/mol. The van der Waals surface area contributed by atoms with E-state index in [4.69, 9.17) is 23.2 Å². The third-order valence-corrected chi connectivity index (χ3v) is 2.85. The van der Waals surface area contributed by atoms with Crippen molar-refractivity contribution in [2.24, 2.45) is 0 Å². The van der Waals surface area contributed by atoms with Gasteiger partial charge in [0.1, 0.15) is 5.38 Å². The lowest BCUT2D eigenvalue weighted by molar-refractivity contribution is -0.111. The lowest BCUT2D eigenvalue weighted by atomic mass is 10.1. The highest BCUT2D eigenvalue weighted by Gasteiger charge is 2.10. The molecule has 0 aliphatic carbocycles. The quantitative estimate of drug-likeness (QED) is 0.345. The van der Waals surface area contributed by atoms with Gasteiger partial charge in [0.25, 0.3) is 0 Å². The van der Waals surface area contributed by atoms with Crippen LogP contribution in [0, 0.1) is 0 Å². The van der Waals surface area contributed by atoms with Gasteiger partial charge in [-0.05, 0) is 18.0 Å². The average Bonchev–Trinajstić information content (AvgIpc) is 2.10. The predicted molar refractivity (Wildman–Crippen MR) is 58.5 cm³/mol. The van der Waals surface area contributed by atoms with Crippen molar-refractivity contribution in [1.29, 1.82) is 0 Å². The van der Waals surface area contributed by atoms with E-state index in [9.17, 15) is 4.79 Å². The SMILES string of the molecule is CCCCCCCCC(Cl)C(=O)Cl. The molecular formula is C10H18Cl2O. The molecule has 0 rings (SSSR count). The van der Waals surface area contributed by atoms with Crippen LogP contribution in [0.5, 0.6) is 0 Å². The Bertz CT molecular complexity index is 137. The molecule has 13 heavy (non-hydrogen) atoms. The summed E-state index contributed by atoms with van der Waals surface area (Å²) in [6.45, 7) is 2.20. The molecule has 0 aliphatic rings. The van der Waals surface area contributed by atoms with Crippen LogP contribution >= 0.6 is 23.2 Å². The molecule has 1 atom stereocenters. The maximum absolute atomic E-state index is 10.5. The molecule has 78 valence electrons. The minimum Gasteiger partial charge on any atom is -0.280 e. The second-order valence-electron chi connectivity index (χ2n) is 3.33. The Labute approximate surface area is 90.8 Å². The third kappa shape index (κ3) is 8.58. The topological polar surface area (TPSA) is 17.1 Å². The van der Waals surface area contributed by atoms with Crippen LogP contribution in [0.4, 0.5) is 0 Å². The second kappa shape index (κ2) is 8.83. The van der Waals surface area contributed by atoms with Crippen molar-refractivity contribution in [1.82, 2.24) is 0 Å². The maximum Gasteiger partial charge on any atom is 0.239 e. The van der Waals surface area contributed by atoms with Crippen molar-refractivity contribution < 1.29 is 4.79 Å². The van der Waals surface area contributed by atoms with Crippen molar-refractivity contribution in [2.45, 2.75) is 57.2 Å². The smallest absolute Gasteiger partial charge is 0.239 e. The molecular weight excluding hydrogens is 207 g/mol. The number of carbonyl (C=O) groups is 1. The number of carbonyl (C=O) groups excluding carboxylic acids is 1. The molecule has 0 amide bonds. The van der Waals surface area contributed by atoms with Gasteiger partial charge in [-0.15, -0.1) is 11.6 Å². The predicted octanol–water partition coefficient (Wildman–Crippen LogP) is 4.11. The summed E-state index contributed by atoms with van der Waals surface area (Å²) in [6, 6.07) is 0. The molecule has 3 heteroatoms. The van der Waals surface area contributed by atoms with E-state index in [1.54, 1.807) is 0 Å². The Hall–Kier alpha value is 0.250. The van der Waals surface area contributed by atoms with Gasteiger partial charge in [-0.25, -0.2) is 0 Å². The first-order valence-electron chi connectivity index (χ1n) is 5.02. The standard InChI is InChI=1S/C10H18Cl2O/c1-2-3-4-5-6-7-8-9(11)10(12)13/h9H,2-8H2,1H3. The van der Waals surface area contributed by atoms with Crippen LogP contribution in [0.2, 0.25) is 0 Å². The zero-order valence-corrected chi connectivity index (χ0v) is 9.70. The number of halogens is 2. The summed E-state index contributed by atoms with van der Waals surface area (Å²) < 4.78 is 0. The second-order valence-corrected chi connectivity index (χ2v) is 4.23. The van der Waals surface area contributed by atoms with E-state index in [-0.39, 0.29) is 0 Å². The number of hydrogen-bond acceptors (Lipinski definition) is 1. The molecule has 0 saturated carbocycles. The average molecular weight is 225 g/mol. The zero-order valence-electron chi connectivity index (χ0n) is 8.19. The summed E-state index contributed by atoms with van der Waals surface area (Å²) in [5.74, 6) is 0. The van der Waals surface area contributed by atoms with E-state index in [1.165, 1.54) is 25.7 Å². The van der Waals surface area contributed by atoms with Gasteiger partial charge in [-0.2, -0.15) is 0 Å². The fourth-order valence-corrected chi connectivity index (χ4v) is 1.48. The Balaban J connectivity index is 3.11. The third-order valence-electron chi connectivity index (χ3n) is 2.06. The molecule has 0 radical (unpaired) electrons. The number of rotatable bonds is 8. The molecule has 0 N–H and O–H groups in total. The summed E-state index contributed by atoms with van der Waals surface area (Å²) in [6.07, 6.45) is 7.99. The number of hydrogen-bond donors (Lipinski definition) is 0. The molecule has 0 aromatic heterocycles. The molecule has 0 saturated heterocycles. The zero-order chi connectivity index (χ0) is 10.1. The van der Waals surface area contributed by atoms with Crippen LogP contribution in [0.15, 0.2) is 0 Å². The van der Waals surface area contributed by atoms with E-state index in [0.717, 1.165) is 19.3 Å². The molecule has 0 aromatic carbocycles. The Morgan fingerprint density at radius 1 is 1.15 bits per heavy atom. The summed E-state index contributed by atoms with van der Waals surface area (Å²) in [5.41, 5.74) is 0. The van der Waals surface area contributed by atoms with Crippen LogP contribution in [0.3, 0.4) is 0 Å². The van der Waals surface area contributed by atoms with Crippen molar-refractivity contribution in [3.05, 3.63) is 0 Å². The lowest BCUT2D eigenvalue weighted by Gasteiger charge is -2.03. The first kappa shape index (κ1) is 13.2. The largest absolute Gasteiger partial charge is 0.280 e. The first-order chi connectivity index (χ1) is 6.18. The van der Waals surface area contributed by atoms with Gasteiger partial charge in [0.2, 0.25) is 5.24 Å². The van der Waals surface area contributed by atoms with Crippen molar-refractivity contribution in [2.75, 3.05) is 0 Å². The van der Waals surface area contributed by atoms with Gasteiger partial charge in [-0.1, -0.05) is 45.4 Å².